The van der Waals surface area contributed by atoms with Gasteiger partial charge >= 0.3 is 0 Å². The van der Waals surface area contributed by atoms with Gasteiger partial charge in [-0.1, -0.05) is 0 Å². The van der Waals surface area contributed by atoms with E-state index in [2.05, 4.69) is 5.32 Å². The summed E-state index contributed by atoms with van der Waals surface area (Å²) in [7, 11) is -3.02. The van der Waals surface area contributed by atoms with Crippen LogP contribution in [0.2, 0.25) is 0 Å². The fraction of sp³-hybridized carbons (Fsp3) is 0.929. The molecule has 0 aromatic carbocycles. The summed E-state index contributed by atoms with van der Waals surface area (Å²) in [6, 6.07) is -0.194. The van der Waals surface area contributed by atoms with Crippen molar-refractivity contribution < 1.29 is 13.2 Å². The maximum absolute atomic E-state index is 12.7. The van der Waals surface area contributed by atoms with Crippen LogP contribution in [0.25, 0.3) is 0 Å². The minimum absolute atomic E-state index is 0. The Morgan fingerprint density at radius 3 is 2.48 bits per heavy atom. The first-order valence-corrected chi connectivity index (χ1v) is 9.32. The molecule has 122 valence electrons. The van der Waals surface area contributed by atoms with Crippen molar-refractivity contribution in [1.82, 2.24) is 10.2 Å². The van der Waals surface area contributed by atoms with Gasteiger partial charge in [0.25, 0.3) is 0 Å². The lowest BCUT2D eigenvalue weighted by Gasteiger charge is -2.38. The van der Waals surface area contributed by atoms with Gasteiger partial charge < -0.3 is 10.2 Å². The van der Waals surface area contributed by atoms with Crippen molar-refractivity contribution in [3.8, 4) is 0 Å². The molecule has 2 saturated heterocycles. The maximum Gasteiger partial charge on any atom is 0.226 e. The molecule has 3 rings (SSSR count). The number of carbonyl (C=O) groups is 1. The summed E-state index contributed by atoms with van der Waals surface area (Å²) in [6.07, 6.45) is 3.16. The molecule has 0 aromatic heterocycles. The molecule has 3 unspecified atom stereocenters. The standard InChI is InChI=1S/C14H24N2O3S.ClH/c1-10-11(2)20(18,19)8-7-16(10)13(17)12-9-14(12)3-5-15-6-4-14;/h10-12,15H,3-9H2,1-2H3;1H. The number of carbonyl (C=O) groups excluding carboxylic acids is 1. The lowest BCUT2D eigenvalue weighted by atomic mass is 9.91. The summed E-state index contributed by atoms with van der Waals surface area (Å²) < 4.78 is 23.8. The van der Waals surface area contributed by atoms with Crippen LogP contribution in [0.15, 0.2) is 0 Å². The van der Waals surface area contributed by atoms with Gasteiger partial charge in [-0.25, -0.2) is 8.42 Å². The fourth-order valence-electron chi connectivity index (χ4n) is 3.85. The molecule has 5 nitrogen and oxygen atoms in total. The molecular formula is C14H25ClN2O3S. The Balaban J connectivity index is 0.00000161. The van der Waals surface area contributed by atoms with E-state index in [1.165, 1.54) is 0 Å². The third-order valence-corrected chi connectivity index (χ3v) is 8.00. The Labute approximate surface area is 133 Å². The van der Waals surface area contributed by atoms with Crippen LogP contribution in [0.4, 0.5) is 0 Å². The second-order valence-electron chi connectivity index (χ2n) is 6.71. The van der Waals surface area contributed by atoms with Crippen LogP contribution in [-0.4, -0.2) is 55.9 Å². The molecule has 21 heavy (non-hydrogen) atoms. The van der Waals surface area contributed by atoms with E-state index >= 15 is 0 Å². The smallest absolute Gasteiger partial charge is 0.226 e. The number of hydrogen-bond donors (Lipinski definition) is 1. The van der Waals surface area contributed by atoms with Crippen molar-refractivity contribution in [2.24, 2.45) is 11.3 Å². The Bertz CT molecular complexity index is 516. The Kier molecular flexibility index (Phi) is 4.63. The predicted octanol–water partition coefficient (Wildman–Crippen LogP) is 0.832. The zero-order valence-corrected chi connectivity index (χ0v) is 14.3. The zero-order chi connectivity index (χ0) is 14.5. The van der Waals surface area contributed by atoms with E-state index in [1.807, 2.05) is 11.8 Å². The normalized spacial score (nSPS) is 36.9. The molecule has 3 aliphatic rings. The quantitative estimate of drug-likeness (QED) is 0.770. The average molecular weight is 337 g/mol. The molecule has 2 heterocycles. The van der Waals surface area contributed by atoms with Crippen LogP contribution >= 0.6 is 12.4 Å². The van der Waals surface area contributed by atoms with Gasteiger partial charge in [-0.15, -0.1) is 12.4 Å². The number of sulfone groups is 1. The van der Waals surface area contributed by atoms with Gasteiger partial charge in [-0.05, 0) is 51.6 Å². The molecule has 3 fully saturated rings. The first-order valence-electron chi connectivity index (χ1n) is 7.60. The summed E-state index contributed by atoms with van der Waals surface area (Å²) in [5.74, 6) is 0.451. The summed E-state index contributed by atoms with van der Waals surface area (Å²) >= 11 is 0. The SMILES string of the molecule is CC1C(C)S(=O)(=O)CCN1C(=O)C1CC12CCNCC2.Cl. The zero-order valence-electron chi connectivity index (χ0n) is 12.7. The molecule has 7 heteroatoms. The van der Waals surface area contributed by atoms with Gasteiger partial charge in [0, 0.05) is 18.5 Å². The van der Waals surface area contributed by atoms with Gasteiger partial charge in [0.2, 0.25) is 5.91 Å². The summed E-state index contributed by atoms with van der Waals surface area (Å²) in [5.41, 5.74) is 0.224. The summed E-state index contributed by atoms with van der Waals surface area (Å²) in [5, 5.41) is 2.90. The summed E-state index contributed by atoms with van der Waals surface area (Å²) in [6.45, 7) is 5.98. The van der Waals surface area contributed by atoms with Crippen molar-refractivity contribution in [2.45, 2.75) is 44.4 Å². The third-order valence-electron chi connectivity index (χ3n) is 5.72. The van der Waals surface area contributed by atoms with E-state index in [4.69, 9.17) is 0 Å². The number of halogens is 1. The van der Waals surface area contributed by atoms with Gasteiger partial charge in [0.15, 0.2) is 9.84 Å². The Morgan fingerprint density at radius 2 is 1.86 bits per heavy atom. The first kappa shape index (κ1) is 17.0. The molecule has 2 aliphatic heterocycles. The van der Waals surface area contributed by atoms with E-state index in [1.54, 1.807) is 6.92 Å². The monoisotopic (exact) mass is 336 g/mol. The van der Waals surface area contributed by atoms with E-state index < -0.39 is 15.1 Å². The van der Waals surface area contributed by atoms with Crippen molar-refractivity contribution in [3.05, 3.63) is 0 Å². The Hall–Kier alpha value is -0.330. The maximum atomic E-state index is 12.7. The highest BCUT2D eigenvalue weighted by Gasteiger charge is 2.59. The highest BCUT2D eigenvalue weighted by Crippen LogP contribution is 2.59. The number of nitrogens with one attached hydrogen (secondary N) is 1. The van der Waals surface area contributed by atoms with Crippen LogP contribution in [0.1, 0.15) is 33.1 Å². The van der Waals surface area contributed by atoms with Crippen molar-refractivity contribution >= 4 is 28.2 Å². The molecule has 0 aromatic rings. The van der Waals surface area contributed by atoms with Crippen molar-refractivity contribution in [3.63, 3.8) is 0 Å². The molecule has 0 radical (unpaired) electrons. The minimum Gasteiger partial charge on any atom is -0.337 e. The van der Waals surface area contributed by atoms with Gasteiger partial charge in [0.1, 0.15) is 0 Å². The van der Waals surface area contributed by atoms with Crippen LogP contribution in [0.3, 0.4) is 0 Å². The molecule has 1 spiro atoms. The average Bonchev–Trinajstić information content (AvgIpc) is 3.10. The second-order valence-corrected chi connectivity index (χ2v) is 9.19. The number of nitrogens with zero attached hydrogens (tertiary/aromatic N) is 1. The first-order chi connectivity index (χ1) is 9.37. The third kappa shape index (κ3) is 2.82. The highest BCUT2D eigenvalue weighted by molar-refractivity contribution is 7.92. The Morgan fingerprint density at radius 1 is 1.24 bits per heavy atom. The van der Waals surface area contributed by atoms with Gasteiger partial charge in [-0.2, -0.15) is 0 Å². The minimum atomic E-state index is -3.02. The van der Waals surface area contributed by atoms with Crippen LogP contribution in [-0.2, 0) is 14.6 Å². The van der Waals surface area contributed by atoms with E-state index in [0.29, 0.717) is 6.54 Å². The number of amides is 1. The van der Waals surface area contributed by atoms with Gasteiger partial charge in [-0.3, -0.25) is 4.79 Å². The highest BCUT2D eigenvalue weighted by atomic mass is 35.5. The molecule has 1 amide bonds. The van der Waals surface area contributed by atoms with Gasteiger partial charge in [0.05, 0.1) is 11.0 Å². The number of hydrogen-bond acceptors (Lipinski definition) is 4. The molecule has 1 saturated carbocycles. The lowest BCUT2D eigenvalue weighted by molar-refractivity contribution is -0.135. The molecule has 1 aliphatic carbocycles. The topological polar surface area (TPSA) is 66.5 Å². The molecule has 3 atom stereocenters. The van der Waals surface area contributed by atoms with Crippen LogP contribution < -0.4 is 5.32 Å². The predicted molar refractivity (Wildman–Crippen MR) is 84.3 cm³/mol. The second kappa shape index (κ2) is 5.70. The largest absolute Gasteiger partial charge is 0.337 e. The lowest BCUT2D eigenvalue weighted by Crippen LogP contribution is -2.55. The van der Waals surface area contributed by atoms with Crippen LogP contribution in [0.5, 0.6) is 0 Å². The van der Waals surface area contributed by atoms with E-state index in [-0.39, 0.29) is 41.4 Å². The van der Waals surface area contributed by atoms with E-state index in [0.717, 1.165) is 32.4 Å². The number of piperidine rings is 1. The van der Waals surface area contributed by atoms with Crippen molar-refractivity contribution in [1.29, 1.82) is 0 Å². The van der Waals surface area contributed by atoms with Crippen LogP contribution in [0, 0.1) is 11.3 Å². The molecule has 1 N–H and O–H groups in total. The molecule has 0 bridgehead atoms. The number of rotatable bonds is 1. The summed E-state index contributed by atoms with van der Waals surface area (Å²) in [4.78, 5) is 14.5. The fourth-order valence-corrected chi connectivity index (χ4v) is 5.42. The van der Waals surface area contributed by atoms with E-state index in [9.17, 15) is 13.2 Å². The molecular weight excluding hydrogens is 312 g/mol. The van der Waals surface area contributed by atoms with Crippen molar-refractivity contribution in [2.75, 3.05) is 25.4 Å².